The molecular formula is C56H36N2O. The number of aromatic nitrogens is 1. The third-order valence-electron chi connectivity index (χ3n) is 12.0. The van der Waals surface area contributed by atoms with Crippen molar-refractivity contribution in [2.75, 3.05) is 4.90 Å². The van der Waals surface area contributed by atoms with Crippen molar-refractivity contribution >= 4 is 82.4 Å². The molecular weight excluding hydrogens is 717 g/mol. The van der Waals surface area contributed by atoms with Crippen LogP contribution < -0.4 is 4.90 Å². The molecule has 10 aromatic carbocycles. The number of para-hydroxylation sites is 4. The van der Waals surface area contributed by atoms with E-state index in [2.05, 4.69) is 228 Å². The van der Waals surface area contributed by atoms with E-state index in [-0.39, 0.29) is 0 Å². The maximum atomic E-state index is 6.63. The van der Waals surface area contributed by atoms with Gasteiger partial charge in [0.2, 0.25) is 0 Å². The summed E-state index contributed by atoms with van der Waals surface area (Å²) in [5.74, 6) is 0. The van der Waals surface area contributed by atoms with Gasteiger partial charge < -0.3 is 13.9 Å². The molecule has 0 bridgehead atoms. The van der Waals surface area contributed by atoms with Crippen LogP contribution >= 0.6 is 0 Å². The Morgan fingerprint density at radius 2 is 1.02 bits per heavy atom. The lowest BCUT2D eigenvalue weighted by Crippen LogP contribution is -2.13. The van der Waals surface area contributed by atoms with Crippen LogP contribution in [0.3, 0.4) is 0 Å². The topological polar surface area (TPSA) is 21.3 Å². The molecule has 0 aliphatic carbocycles. The van der Waals surface area contributed by atoms with Crippen LogP contribution in [0.15, 0.2) is 223 Å². The lowest BCUT2D eigenvalue weighted by Gasteiger charge is -2.29. The zero-order valence-electron chi connectivity index (χ0n) is 32.1. The minimum absolute atomic E-state index is 0.886. The highest BCUT2D eigenvalue weighted by Gasteiger charge is 2.22. The molecule has 0 fully saturated rings. The van der Waals surface area contributed by atoms with Crippen LogP contribution in [0.1, 0.15) is 0 Å². The second kappa shape index (κ2) is 13.4. The van der Waals surface area contributed by atoms with Gasteiger partial charge in [0.25, 0.3) is 0 Å². The summed E-state index contributed by atoms with van der Waals surface area (Å²) in [5.41, 5.74) is 13.1. The molecule has 59 heavy (non-hydrogen) atoms. The van der Waals surface area contributed by atoms with E-state index in [4.69, 9.17) is 4.42 Å². The van der Waals surface area contributed by atoms with Crippen LogP contribution in [-0.4, -0.2) is 4.57 Å². The van der Waals surface area contributed by atoms with E-state index in [0.717, 1.165) is 61.2 Å². The Bertz CT molecular complexity index is 3520. The fourth-order valence-electron chi connectivity index (χ4n) is 9.23. The molecule has 12 aromatic rings. The number of furan rings is 1. The van der Waals surface area contributed by atoms with Crippen LogP contribution in [0.5, 0.6) is 0 Å². The summed E-state index contributed by atoms with van der Waals surface area (Å²) < 4.78 is 9.05. The lowest BCUT2D eigenvalue weighted by molar-refractivity contribution is 0.673. The second-order valence-corrected chi connectivity index (χ2v) is 15.3. The van der Waals surface area contributed by atoms with Gasteiger partial charge in [0.05, 0.1) is 22.4 Å². The molecule has 0 aliphatic heterocycles. The van der Waals surface area contributed by atoms with Gasteiger partial charge >= 0.3 is 0 Å². The highest BCUT2D eigenvalue weighted by atomic mass is 16.3. The molecule has 0 radical (unpaired) electrons. The molecule has 2 heterocycles. The predicted octanol–water partition coefficient (Wildman–Crippen LogP) is 15.8. The summed E-state index contributed by atoms with van der Waals surface area (Å²) in [6.45, 7) is 0. The first kappa shape index (κ1) is 33.3. The van der Waals surface area contributed by atoms with Crippen LogP contribution in [0.4, 0.5) is 17.1 Å². The van der Waals surface area contributed by atoms with Gasteiger partial charge in [-0.3, -0.25) is 0 Å². The zero-order chi connectivity index (χ0) is 38.9. The van der Waals surface area contributed by atoms with Gasteiger partial charge in [-0.1, -0.05) is 152 Å². The first-order valence-corrected chi connectivity index (χ1v) is 20.2. The molecule has 0 saturated carbocycles. The Hall–Kier alpha value is -7.88. The first-order chi connectivity index (χ1) is 29.3. The normalized spacial score (nSPS) is 11.7. The van der Waals surface area contributed by atoms with Crippen molar-refractivity contribution in [1.82, 2.24) is 4.57 Å². The van der Waals surface area contributed by atoms with E-state index in [1.54, 1.807) is 0 Å². The van der Waals surface area contributed by atoms with Gasteiger partial charge in [0.1, 0.15) is 11.2 Å². The quantitative estimate of drug-likeness (QED) is 0.169. The van der Waals surface area contributed by atoms with Crippen LogP contribution in [0.2, 0.25) is 0 Å². The van der Waals surface area contributed by atoms with E-state index in [0.29, 0.717) is 0 Å². The van der Waals surface area contributed by atoms with Crippen molar-refractivity contribution in [1.29, 1.82) is 0 Å². The molecule has 0 saturated heterocycles. The fourth-order valence-corrected chi connectivity index (χ4v) is 9.23. The molecule has 3 nitrogen and oxygen atoms in total. The van der Waals surface area contributed by atoms with Gasteiger partial charge in [-0.25, -0.2) is 0 Å². The largest absolute Gasteiger partial charge is 0.455 e. The van der Waals surface area contributed by atoms with Crippen molar-refractivity contribution in [3.05, 3.63) is 218 Å². The molecule has 0 aliphatic rings. The van der Waals surface area contributed by atoms with E-state index >= 15 is 0 Å². The Morgan fingerprint density at radius 3 is 1.83 bits per heavy atom. The number of nitrogens with zero attached hydrogens (tertiary/aromatic N) is 2. The molecule has 0 atom stereocenters. The van der Waals surface area contributed by atoms with Crippen LogP contribution in [0.25, 0.3) is 93.2 Å². The van der Waals surface area contributed by atoms with Crippen molar-refractivity contribution in [2.45, 2.75) is 0 Å². The average Bonchev–Trinajstić information content (AvgIpc) is 3.86. The molecule has 12 rings (SSSR count). The van der Waals surface area contributed by atoms with Gasteiger partial charge in [-0.2, -0.15) is 0 Å². The molecule has 2 aromatic heterocycles. The van der Waals surface area contributed by atoms with Crippen molar-refractivity contribution in [3.8, 4) is 27.9 Å². The highest BCUT2D eigenvalue weighted by molar-refractivity contribution is 6.19. The molecule has 0 amide bonds. The molecule has 3 heteroatoms. The summed E-state index contributed by atoms with van der Waals surface area (Å²) in [6, 6.07) is 78.8. The van der Waals surface area contributed by atoms with Crippen molar-refractivity contribution < 1.29 is 4.42 Å². The third-order valence-corrected chi connectivity index (χ3v) is 12.0. The molecule has 276 valence electrons. The van der Waals surface area contributed by atoms with E-state index in [1.165, 1.54) is 49.1 Å². The van der Waals surface area contributed by atoms with Gasteiger partial charge in [-0.05, 0) is 105 Å². The summed E-state index contributed by atoms with van der Waals surface area (Å²) in [5, 5.41) is 9.50. The maximum absolute atomic E-state index is 6.63. The average molecular weight is 753 g/mol. The highest BCUT2D eigenvalue weighted by Crippen LogP contribution is 2.45. The lowest BCUT2D eigenvalue weighted by atomic mass is 9.97. The smallest absolute Gasteiger partial charge is 0.143 e. The number of hydrogen-bond acceptors (Lipinski definition) is 2. The van der Waals surface area contributed by atoms with Gasteiger partial charge in [0.15, 0.2) is 0 Å². The standard InChI is InChI=1S/C56H36N2O/c1-2-15-40-35-41(28-27-37(40)13-1)38-29-32-43(33-30-38)57(52-24-9-10-25-53(52)58-50-22-7-5-19-47(50)48-20-6-8-23-51(48)58)44-17-11-16-42(36-44)45-21-12-26-54-55(45)49-34-31-39-14-3-4-18-46(39)56(49)59-54/h1-36H. The van der Waals surface area contributed by atoms with Gasteiger partial charge in [0, 0.05) is 38.3 Å². The Morgan fingerprint density at radius 1 is 0.373 bits per heavy atom. The Labute approximate surface area is 341 Å². The van der Waals surface area contributed by atoms with Gasteiger partial charge in [-0.15, -0.1) is 0 Å². The fraction of sp³-hybridized carbons (Fsp3) is 0. The Balaban J connectivity index is 1.07. The zero-order valence-corrected chi connectivity index (χ0v) is 32.1. The SMILES string of the molecule is c1cc(-c2cccc3oc4c5ccccc5ccc4c23)cc(N(c2ccc(-c3ccc4ccccc4c3)cc2)c2ccccc2-n2c3ccccc3c3ccccc32)c1. The number of hydrogen-bond donors (Lipinski definition) is 0. The number of fused-ring (bicyclic) bond motifs is 9. The summed E-state index contributed by atoms with van der Waals surface area (Å²) >= 11 is 0. The molecule has 0 unspecified atom stereocenters. The molecule has 0 N–H and O–H groups in total. The maximum Gasteiger partial charge on any atom is 0.143 e. The summed E-state index contributed by atoms with van der Waals surface area (Å²) in [6.07, 6.45) is 0. The molecule has 0 spiro atoms. The van der Waals surface area contributed by atoms with E-state index < -0.39 is 0 Å². The van der Waals surface area contributed by atoms with Crippen molar-refractivity contribution in [3.63, 3.8) is 0 Å². The predicted molar refractivity (Wildman–Crippen MR) is 249 cm³/mol. The minimum atomic E-state index is 0.886. The van der Waals surface area contributed by atoms with E-state index in [1.807, 2.05) is 0 Å². The second-order valence-electron chi connectivity index (χ2n) is 15.3. The summed E-state index contributed by atoms with van der Waals surface area (Å²) in [4.78, 5) is 2.41. The van der Waals surface area contributed by atoms with Crippen molar-refractivity contribution in [2.24, 2.45) is 0 Å². The minimum Gasteiger partial charge on any atom is -0.455 e. The van der Waals surface area contributed by atoms with Crippen LogP contribution in [-0.2, 0) is 0 Å². The Kier molecular flexibility index (Phi) is 7.54. The number of anilines is 3. The number of benzene rings is 10. The monoisotopic (exact) mass is 752 g/mol. The van der Waals surface area contributed by atoms with Crippen LogP contribution in [0, 0.1) is 0 Å². The summed E-state index contributed by atoms with van der Waals surface area (Å²) in [7, 11) is 0. The van der Waals surface area contributed by atoms with E-state index in [9.17, 15) is 0 Å². The first-order valence-electron chi connectivity index (χ1n) is 20.2. The number of rotatable bonds is 6. The third kappa shape index (κ3) is 5.36.